The zero-order valence-corrected chi connectivity index (χ0v) is 30.6. The number of hydrogen-bond donors (Lipinski definition) is 0. The molecule has 0 aliphatic carbocycles. The standard InChI is InChI=1S/C30H28N2S2.2C2H6N.Hf/c1-19(2)22-14-10-15-23(20(3)4)29(22)32-28(21-11-6-5-7-12-21)30-31-26(18-34-30)25-17-33-27-16-9-8-13-24(25)27;2*1-3-2;/h5-16,18-20,28H,1-4H3;2*1-2H3;/q-2;2*-1;. The SMILES string of the molecule is CC(C)c1cccc(C(C)C)c1[N-]C(c1ccccc1)c1nc(-c2[c-]sc3ccccc23)cs1.C[N-]C.C[N-]C.[Hf]. The smallest absolute Gasteiger partial charge is 0.0711 e. The van der Waals surface area contributed by atoms with E-state index in [0.29, 0.717) is 11.8 Å². The Balaban J connectivity index is 0.000000775. The molecule has 0 amide bonds. The van der Waals surface area contributed by atoms with Crippen molar-refractivity contribution in [3.05, 3.63) is 121 Å². The molecule has 1 unspecified atom stereocenters. The molecule has 5 aromatic rings. The van der Waals surface area contributed by atoms with Crippen molar-refractivity contribution >= 4 is 38.4 Å². The van der Waals surface area contributed by atoms with E-state index in [-0.39, 0.29) is 31.9 Å². The molecule has 0 saturated carbocycles. The van der Waals surface area contributed by atoms with Crippen molar-refractivity contribution in [3.63, 3.8) is 0 Å². The summed E-state index contributed by atoms with van der Waals surface area (Å²) in [5, 5.41) is 20.3. The summed E-state index contributed by atoms with van der Waals surface area (Å²) in [6.45, 7) is 8.98. The Morgan fingerprint density at radius 2 is 1.29 bits per heavy atom. The van der Waals surface area contributed by atoms with E-state index >= 15 is 0 Å². The minimum absolute atomic E-state index is 0. The molecule has 4 nitrogen and oxygen atoms in total. The van der Waals surface area contributed by atoms with E-state index in [1.807, 2.05) is 0 Å². The van der Waals surface area contributed by atoms with Gasteiger partial charge >= 0.3 is 0 Å². The van der Waals surface area contributed by atoms with Gasteiger partial charge in [-0.3, -0.25) is 16.3 Å². The summed E-state index contributed by atoms with van der Waals surface area (Å²) in [5.41, 5.74) is 6.93. The molecular weight excluding hydrogens is 707 g/mol. The van der Waals surface area contributed by atoms with Crippen molar-refractivity contribution in [2.45, 2.75) is 45.6 Å². The molecule has 5 rings (SSSR count). The number of benzene rings is 3. The zero-order chi connectivity index (χ0) is 29.1. The normalized spacial score (nSPS) is 11.3. The maximum Gasteiger partial charge on any atom is 0.0711 e. The third-order valence-corrected chi connectivity index (χ3v) is 7.93. The van der Waals surface area contributed by atoms with Crippen LogP contribution in [0, 0.1) is 5.38 Å². The van der Waals surface area contributed by atoms with Crippen LogP contribution in [0.15, 0.2) is 78.2 Å². The fraction of sp³-hybridized carbons (Fsp3) is 0.324. The van der Waals surface area contributed by atoms with Crippen LogP contribution in [0.4, 0.5) is 5.69 Å². The summed E-state index contributed by atoms with van der Waals surface area (Å²) in [6.07, 6.45) is 0. The first-order chi connectivity index (χ1) is 19.4. The van der Waals surface area contributed by atoms with Crippen LogP contribution < -0.4 is 0 Å². The molecule has 3 aromatic carbocycles. The summed E-state index contributed by atoms with van der Waals surface area (Å²) >= 11 is 3.34. The van der Waals surface area contributed by atoms with E-state index in [1.165, 1.54) is 21.2 Å². The van der Waals surface area contributed by atoms with Gasteiger partial charge in [0.25, 0.3) is 0 Å². The predicted octanol–water partition coefficient (Wildman–Crippen LogP) is 11.1. The summed E-state index contributed by atoms with van der Waals surface area (Å²) in [7, 11) is 7.00. The van der Waals surface area contributed by atoms with Crippen LogP contribution in [-0.4, -0.2) is 33.2 Å². The van der Waals surface area contributed by atoms with E-state index in [0.717, 1.165) is 27.5 Å². The quantitative estimate of drug-likeness (QED) is 0.121. The second kappa shape index (κ2) is 17.7. The van der Waals surface area contributed by atoms with Gasteiger partial charge in [0.2, 0.25) is 0 Å². The molecule has 7 heteroatoms. The second-order valence-electron chi connectivity index (χ2n) is 10.1. The largest absolute Gasteiger partial charge is 0.672 e. The van der Waals surface area contributed by atoms with Gasteiger partial charge in [-0.1, -0.05) is 121 Å². The van der Waals surface area contributed by atoms with Gasteiger partial charge in [0.05, 0.1) is 5.01 Å². The Morgan fingerprint density at radius 3 is 1.88 bits per heavy atom. The van der Waals surface area contributed by atoms with Gasteiger partial charge in [-0.2, -0.15) is 28.2 Å². The van der Waals surface area contributed by atoms with Crippen molar-refractivity contribution < 1.29 is 25.8 Å². The molecule has 216 valence electrons. The summed E-state index contributed by atoms with van der Waals surface area (Å²) in [6, 6.07) is 25.5. The van der Waals surface area contributed by atoms with E-state index in [4.69, 9.17) is 10.3 Å². The Morgan fingerprint density at radius 1 is 0.732 bits per heavy atom. The molecule has 0 radical (unpaired) electrons. The summed E-state index contributed by atoms with van der Waals surface area (Å²) < 4.78 is 1.24. The maximum absolute atomic E-state index is 5.44. The maximum atomic E-state index is 5.44. The number of fused-ring (bicyclic) bond motifs is 1. The number of hydrogen-bond acceptors (Lipinski definition) is 3. The summed E-state index contributed by atoms with van der Waals surface area (Å²) in [4.78, 5) is 5.12. The van der Waals surface area contributed by atoms with Crippen LogP contribution in [0.2, 0.25) is 0 Å². The predicted molar refractivity (Wildman–Crippen MR) is 178 cm³/mol. The van der Waals surface area contributed by atoms with Crippen LogP contribution in [0.25, 0.3) is 37.3 Å². The van der Waals surface area contributed by atoms with Gasteiger partial charge in [-0.05, 0) is 29.0 Å². The average molecular weight is 747 g/mol. The molecule has 0 N–H and O–H groups in total. The minimum atomic E-state index is -0.151. The van der Waals surface area contributed by atoms with Gasteiger partial charge in [-0.15, -0.1) is 34.0 Å². The molecule has 1 atom stereocenters. The van der Waals surface area contributed by atoms with Crippen LogP contribution in [-0.2, 0) is 25.8 Å². The molecule has 2 aromatic heterocycles. The molecule has 0 fully saturated rings. The van der Waals surface area contributed by atoms with Crippen molar-refractivity contribution in [1.29, 1.82) is 0 Å². The Bertz CT molecular complexity index is 1420. The minimum Gasteiger partial charge on any atom is -0.672 e. The number of para-hydroxylation sites is 1. The molecule has 0 aliphatic rings. The van der Waals surface area contributed by atoms with E-state index in [1.54, 1.807) is 50.9 Å². The average Bonchev–Trinajstić information content (AvgIpc) is 3.60. The number of nitrogens with zero attached hydrogens (tertiary/aromatic N) is 4. The van der Waals surface area contributed by atoms with Crippen LogP contribution in [0.1, 0.15) is 67.3 Å². The van der Waals surface area contributed by atoms with E-state index in [9.17, 15) is 0 Å². The number of aromatic nitrogens is 1. The first-order valence-electron chi connectivity index (χ1n) is 13.6. The zero-order valence-electron chi connectivity index (χ0n) is 25.3. The van der Waals surface area contributed by atoms with Gasteiger partial charge in [0, 0.05) is 25.8 Å². The number of rotatable bonds is 7. The monoisotopic (exact) mass is 748 g/mol. The van der Waals surface area contributed by atoms with Crippen LogP contribution >= 0.6 is 22.7 Å². The van der Waals surface area contributed by atoms with Crippen molar-refractivity contribution in [2.75, 3.05) is 28.2 Å². The van der Waals surface area contributed by atoms with E-state index < -0.39 is 0 Å². The summed E-state index contributed by atoms with van der Waals surface area (Å²) in [5.74, 6) is 0.792. The van der Waals surface area contributed by atoms with Gasteiger partial charge in [0.15, 0.2) is 0 Å². The van der Waals surface area contributed by atoms with Gasteiger partial charge < -0.3 is 16.0 Å². The number of thiazole rings is 1. The van der Waals surface area contributed by atoms with Gasteiger partial charge in [-0.25, -0.2) is 0 Å². The molecular formula is C34H40HfN4S2-4. The molecule has 0 bridgehead atoms. The third-order valence-electron chi connectivity index (χ3n) is 6.15. The third kappa shape index (κ3) is 9.16. The topological polar surface area (TPSA) is 55.2 Å². The molecule has 41 heavy (non-hydrogen) atoms. The van der Waals surface area contributed by atoms with Gasteiger partial charge in [0.1, 0.15) is 0 Å². The molecule has 2 heterocycles. The fourth-order valence-electron chi connectivity index (χ4n) is 4.34. The van der Waals surface area contributed by atoms with Crippen LogP contribution in [0.3, 0.4) is 0 Å². The molecule has 0 aliphatic heterocycles. The van der Waals surface area contributed by atoms with Crippen molar-refractivity contribution in [3.8, 4) is 11.3 Å². The fourth-order valence-corrected chi connectivity index (χ4v) is 6.06. The number of thiophene rings is 1. The Hall–Kier alpha value is -2.16. The Kier molecular flexibility index (Phi) is 15.1. The molecule has 0 saturated heterocycles. The van der Waals surface area contributed by atoms with E-state index in [2.05, 4.69) is 122 Å². The Labute approximate surface area is 273 Å². The van der Waals surface area contributed by atoms with Crippen molar-refractivity contribution in [2.24, 2.45) is 0 Å². The molecule has 0 spiro atoms. The van der Waals surface area contributed by atoms with Crippen molar-refractivity contribution in [1.82, 2.24) is 4.98 Å². The van der Waals surface area contributed by atoms with Crippen LogP contribution in [0.5, 0.6) is 0 Å². The second-order valence-corrected chi connectivity index (χ2v) is 11.8. The first kappa shape index (κ1) is 35.0. The first-order valence-corrected chi connectivity index (χ1v) is 15.2.